The van der Waals surface area contributed by atoms with E-state index in [4.69, 9.17) is 22.1 Å². The van der Waals surface area contributed by atoms with Crippen molar-refractivity contribution in [3.05, 3.63) is 52.8 Å². The van der Waals surface area contributed by atoms with Crippen LogP contribution in [0.25, 0.3) is 0 Å². The van der Waals surface area contributed by atoms with E-state index >= 15 is 0 Å². The van der Waals surface area contributed by atoms with Gasteiger partial charge in [0.2, 0.25) is 0 Å². The molecule has 0 unspecified atom stereocenters. The molecule has 0 heterocycles. The van der Waals surface area contributed by atoms with Gasteiger partial charge in [-0.15, -0.1) is 0 Å². The summed E-state index contributed by atoms with van der Waals surface area (Å²) < 4.78 is 19.0. The van der Waals surface area contributed by atoms with Crippen LogP contribution >= 0.6 is 11.6 Å². The molecular formula is C13H11ClFNO. The van der Waals surface area contributed by atoms with Gasteiger partial charge in [0, 0.05) is 5.02 Å². The van der Waals surface area contributed by atoms with Crippen LogP contribution in [0.15, 0.2) is 36.4 Å². The minimum absolute atomic E-state index is 0.0397. The monoisotopic (exact) mass is 251 g/mol. The normalized spacial score (nSPS) is 10.3. The number of benzene rings is 2. The van der Waals surface area contributed by atoms with Crippen molar-refractivity contribution < 1.29 is 9.13 Å². The van der Waals surface area contributed by atoms with Crippen molar-refractivity contribution in [3.63, 3.8) is 0 Å². The van der Waals surface area contributed by atoms with Gasteiger partial charge in [-0.05, 0) is 42.8 Å². The molecule has 2 aromatic carbocycles. The van der Waals surface area contributed by atoms with Crippen molar-refractivity contribution in [2.45, 2.75) is 6.92 Å². The Kier molecular flexibility index (Phi) is 3.20. The molecule has 0 aromatic heterocycles. The Labute approximate surface area is 104 Å². The van der Waals surface area contributed by atoms with Crippen molar-refractivity contribution in [2.24, 2.45) is 0 Å². The fourth-order valence-electron chi connectivity index (χ4n) is 1.47. The smallest absolute Gasteiger partial charge is 0.185 e. The molecule has 2 aromatic rings. The molecule has 0 spiro atoms. The van der Waals surface area contributed by atoms with Gasteiger partial charge in [-0.1, -0.05) is 17.7 Å². The number of para-hydroxylation sites is 1. The van der Waals surface area contributed by atoms with Gasteiger partial charge in [0.05, 0.1) is 5.69 Å². The second kappa shape index (κ2) is 4.63. The third-order valence-electron chi connectivity index (χ3n) is 2.35. The van der Waals surface area contributed by atoms with Crippen molar-refractivity contribution in [3.8, 4) is 11.5 Å². The number of nitrogens with two attached hydrogens (primary N) is 1. The number of ether oxygens (including phenoxy) is 1. The van der Waals surface area contributed by atoms with Gasteiger partial charge in [-0.25, -0.2) is 4.39 Å². The lowest BCUT2D eigenvalue weighted by Crippen LogP contribution is -1.96. The summed E-state index contributed by atoms with van der Waals surface area (Å²) in [7, 11) is 0. The maximum atomic E-state index is 13.5. The van der Waals surface area contributed by atoms with E-state index in [2.05, 4.69) is 0 Å². The molecule has 88 valence electrons. The molecular weight excluding hydrogens is 241 g/mol. The van der Waals surface area contributed by atoms with Crippen LogP contribution in [0.4, 0.5) is 10.1 Å². The van der Waals surface area contributed by atoms with Crippen LogP contribution in [0.2, 0.25) is 5.02 Å². The molecule has 0 amide bonds. The minimum Gasteiger partial charge on any atom is -0.452 e. The number of rotatable bonds is 2. The van der Waals surface area contributed by atoms with Gasteiger partial charge in [0.15, 0.2) is 11.6 Å². The predicted octanol–water partition coefficient (Wildman–Crippen LogP) is 4.16. The molecule has 4 heteroatoms. The molecule has 0 atom stereocenters. The number of halogens is 2. The van der Waals surface area contributed by atoms with Gasteiger partial charge >= 0.3 is 0 Å². The standard InChI is InChI=1S/C13H11ClFNO/c1-8-7-9(14)5-6-12(8)17-13-10(15)3-2-4-11(13)16/h2-7H,16H2,1H3. The molecule has 0 bridgehead atoms. The average Bonchev–Trinajstić information content (AvgIpc) is 2.26. The van der Waals surface area contributed by atoms with Gasteiger partial charge in [-0.2, -0.15) is 0 Å². The Hall–Kier alpha value is -1.74. The third kappa shape index (κ3) is 2.50. The lowest BCUT2D eigenvalue weighted by molar-refractivity contribution is 0.442. The van der Waals surface area contributed by atoms with Crippen LogP contribution in [0, 0.1) is 12.7 Å². The number of aryl methyl sites for hydroxylation is 1. The fraction of sp³-hybridized carbons (Fsp3) is 0.0769. The van der Waals surface area contributed by atoms with Crippen molar-refractivity contribution >= 4 is 17.3 Å². The van der Waals surface area contributed by atoms with E-state index in [9.17, 15) is 4.39 Å². The van der Waals surface area contributed by atoms with Crippen LogP contribution < -0.4 is 10.5 Å². The minimum atomic E-state index is -0.487. The quantitative estimate of drug-likeness (QED) is 0.814. The number of anilines is 1. The van der Waals surface area contributed by atoms with E-state index in [0.717, 1.165) is 5.56 Å². The molecule has 0 radical (unpaired) electrons. The van der Waals surface area contributed by atoms with Crippen LogP contribution in [0.1, 0.15) is 5.56 Å². The molecule has 0 fully saturated rings. The maximum Gasteiger partial charge on any atom is 0.185 e. The lowest BCUT2D eigenvalue weighted by Gasteiger charge is -2.11. The second-order valence-electron chi connectivity index (χ2n) is 3.67. The summed E-state index contributed by atoms with van der Waals surface area (Å²) in [5.74, 6) is 0.0865. The van der Waals surface area contributed by atoms with Crippen molar-refractivity contribution in [1.29, 1.82) is 0 Å². The van der Waals surface area contributed by atoms with E-state index in [1.54, 1.807) is 24.3 Å². The SMILES string of the molecule is Cc1cc(Cl)ccc1Oc1c(N)cccc1F. The summed E-state index contributed by atoms with van der Waals surface area (Å²) in [5.41, 5.74) is 6.74. The van der Waals surface area contributed by atoms with E-state index < -0.39 is 5.82 Å². The van der Waals surface area contributed by atoms with Gasteiger partial charge in [0.1, 0.15) is 5.75 Å². The Morgan fingerprint density at radius 3 is 2.65 bits per heavy atom. The van der Waals surface area contributed by atoms with E-state index in [1.807, 2.05) is 6.92 Å². The number of hydrogen-bond donors (Lipinski definition) is 1. The first-order valence-corrected chi connectivity index (χ1v) is 5.43. The highest BCUT2D eigenvalue weighted by atomic mass is 35.5. The molecule has 2 nitrogen and oxygen atoms in total. The van der Waals surface area contributed by atoms with Gasteiger partial charge in [-0.3, -0.25) is 0 Å². The molecule has 2 rings (SSSR count). The molecule has 17 heavy (non-hydrogen) atoms. The highest BCUT2D eigenvalue weighted by molar-refractivity contribution is 6.30. The van der Waals surface area contributed by atoms with E-state index in [0.29, 0.717) is 10.8 Å². The molecule has 0 aliphatic carbocycles. The summed E-state index contributed by atoms with van der Waals surface area (Å²) in [6, 6.07) is 9.53. The zero-order valence-electron chi connectivity index (χ0n) is 9.21. The number of hydrogen-bond acceptors (Lipinski definition) is 2. The Morgan fingerprint density at radius 1 is 1.24 bits per heavy atom. The maximum absolute atomic E-state index is 13.5. The van der Waals surface area contributed by atoms with E-state index in [1.165, 1.54) is 12.1 Å². The predicted molar refractivity (Wildman–Crippen MR) is 67.1 cm³/mol. The van der Waals surface area contributed by atoms with Crippen LogP contribution in [0.3, 0.4) is 0 Å². The Bertz CT molecular complexity index is 537. The first-order chi connectivity index (χ1) is 8.08. The molecule has 0 saturated heterocycles. The third-order valence-corrected chi connectivity index (χ3v) is 2.58. The molecule has 0 saturated carbocycles. The zero-order chi connectivity index (χ0) is 12.4. The van der Waals surface area contributed by atoms with Crippen LogP contribution in [-0.4, -0.2) is 0 Å². The highest BCUT2D eigenvalue weighted by Crippen LogP contribution is 2.32. The summed E-state index contributed by atoms with van der Waals surface area (Å²) in [6.45, 7) is 1.83. The summed E-state index contributed by atoms with van der Waals surface area (Å²) >= 11 is 5.83. The lowest BCUT2D eigenvalue weighted by atomic mass is 10.2. The molecule has 0 aliphatic rings. The fourth-order valence-corrected chi connectivity index (χ4v) is 1.70. The Balaban J connectivity index is 2.38. The molecule has 2 N–H and O–H groups in total. The van der Waals surface area contributed by atoms with Gasteiger partial charge in [0.25, 0.3) is 0 Å². The van der Waals surface area contributed by atoms with E-state index in [-0.39, 0.29) is 11.4 Å². The van der Waals surface area contributed by atoms with Crippen molar-refractivity contribution in [1.82, 2.24) is 0 Å². The summed E-state index contributed by atoms with van der Waals surface area (Å²) in [5, 5.41) is 0.608. The van der Waals surface area contributed by atoms with Gasteiger partial charge < -0.3 is 10.5 Å². The number of nitrogen functional groups attached to an aromatic ring is 1. The first-order valence-electron chi connectivity index (χ1n) is 5.06. The van der Waals surface area contributed by atoms with Crippen LogP contribution in [0.5, 0.6) is 11.5 Å². The second-order valence-corrected chi connectivity index (χ2v) is 4.11. The van der Waals surface area contributed by atoms with Crippen molar-refractivity contribution in [2.75, 3.05) is 5.73 Å². The largest absolute Gasteiger partial charge is 0.452 e. The topological polar surface area (TPSA) is 35.2 Å². The Morgan fingerprint density at radius 2 is 2.00 bits per heavy atom. The average molecular weight is 252 g/mol. The molecule has 0 aliphatic heterocycles. The highest BCUT2D eigenvalue weighted by Gasteiger charge is 2.10. The zero-order valence-corrected chi connectivity index (χ0v) is 9.96. The summed E-state index contributed by atoms with van der Waals surface area (Å²) in [6.07, 6.45) is 0. The first kappa shape index (κ1) is 11.7. The summed E-state index contributed by atoms with van der Waals surface area (Å²) in [4.78, 5) is 0. The van der Waals surface area contributed by atoms with Crippen LogP contribution in [-0.2, 0) is 0 Å².